The average Bonchev–Trinajstić information content (AvgIpc) is 3.14. The van der Waals surface area contributed by atoms with E-state index < -0.39 is 11.7 Å². The molecule has 31 heavy (non-hydrogen) atoms. The Kier molecular flexibility index (Phi) is 5.80. The molecule has 1 heterocycles. The van der Waals surface area contributed by atoms with Crippen molar-refractivity contribution in [1.29, 1.82) is 0 Å². The molecule has 0 radical (unpaired) electrons. The van der Waals surface area contributed by atoms with Crippen molar-refractivity contribution < 1.29 is 13.2 Å². The Balaban J connectivity index is 1.75. The molecule has 0 bridgehead atoms. The van der Waals surface area contributed by atoms with Crippen molar-refractivity contribution in [1.82, 2.24) is 9.78 Å². The van der Waals surface area contributed by atoms with Gasteiger partial charge in [-0.05, 0) is 47.7 Å². The predicted molar refractivity (Wildman–Crippen MR) is 119 cm³/mol. The molecule has 0 amide bonds. The quantitative estimate of drug-likeness (QED) is 0.306. The lowest BCUT2D eigenvalue weighted by atomic mass is 9.96. The Morgan fingerprint density at radius 1 is 0.968 bits per heavy atom. The van der Waals surface area contributed by atoms with Crippen LogP contribution in [0, 0.1) is 5.92 Å². The van der Waals surface area contributed by atoms with Crippen LogP contribution in [0.1, 0.15) is 37.4 Å². The summed E-state index contributed by atoms with van der Waals surface area (Å²) < 4.78 is 40.9. The summed E-state index contributed by atoms with van der Waals surface area (Å²) in [6, 6.07) is 19.6. The fraction of sp³-hybridized carbons (Fsp3) is 0.240. The molecule has 6 heteroatoms. The van der Waals surface area contributed by atoms with E-state index in [0.29, 0.717) is 11.5 Å². The second-order valence-corrected chi connectivity index (χ2v) is 8.52. The summed E-state index contributed by atoms with van der Waals surface area (Å²) in [4.78, 5) is 0. The molecule has 1 aromatic heterocycles. The number of hydrogen-bond acceptors (Lipinski definition) is 1. The summed E-state index contributed by atoms with van der Waals surface area (Å²) in [6.45, 7) is 4.37. The molecule has 0 aliphatic rings. The van der Waals surface area contributed by atoms with Gasteiger partial charge in [0.1, 0.15) is 0 Å². The number of halogens is 4. The summed E-state index contributed by atoms with van der Waals surface area (Å²) in [5, 5.41) is 5.65. The van der Waals surface area contributed by atoms with Crippen molar-refractivity contribution in [2.45, 2.75) is 32.5 Å². The zero-order valence-corrected chi connectivity index (χ0v) is 18.0. The van der Waals surface area contributed by atoms with Crippen LogP contribution in [-0.4, -0.2) is 9.78 Å². The van der Waals surface area contributed by atoms with Gasteiger partial charge in [-0.1, -0.05) is 67.9 Å². The zero-order valence-electron chi connectivity index (χ0n) is 17.2. The number of fused-ring (bicyclic) bond motifs is 1. The smallest absolute Gasteiger partial charge is 0.257 e. The van der Waals surface area contributed by atoms with E-state index in [2.05, 4.69) is 31.1 Å². The molecule has 1 atom stereocenters. The number of alkyl halides is 3. The van der Waals surface area contributed by atoms with Crippen molar-refractivity contribution in [3.63, 3.8) is 0 Å². The molecule has 0 saturated heterocycles. The Morgan fingerprint density at radius 2 is 1.71 bits per heavy atom. The minimum atomic E-state index is -4.42. The van der Waals surface area contributed by atoms with Crippen LogP contribution in [0.25, 0.3) is 22.0 Å². The topological polar surface area (TPSA) is 17.8 Å². The molecule has 160 valence electrons. The molecule has 0 N–H and O–H groups in total. The van der Waals surface area contributed by atoms with E-state index in [1.807, 2.05) is 41.1 Å². The third kappa shape index (κ3) is 4.47. The fourth-order valence-electron chi connectivity index (χ4n) is 3.89. The molecular weight excluding hydrogens is 421 g/mol. The van der Waals surface area contributed by atoms with E-state index in [1.54, 1.807) is 6.20 Å². The largest absolute Gasteiger partial charge is 0.416 e. The van der Waals surface area contributed by atoms with Gasteiger partial charge in [-0.3, -0.25) is 4.68 Å². The first-order valence-corrected chi connectivity index (χ1v) is 10.5. The standard InChI is InChI=1S/C25H22ClF3N2/c1-16(2)12-24(17-6-4-3-5-7-17)31-23-11-8-18(13-19(23)15-30-31)21-10-9-20(14-22(21)26)25(27,28)29/h3-11,13-16,24H,12H2,1-2H3. The monoisotopic (exact) mass is 442 g/mol. The van der Waals surface area contributed by atoms with Crippen LogP contribution in [0.4, 0.5) is 13.2 Å². The number of aromatic nitrogens is 2. The van der Waals surface area contributed by atoms with Gasteiger partial charge in [0, 0.05) is 16.0 Å². The van der Waals surface area contributed by atoms with E-state index in [0.717, 1.165) is 35.0 Å². The first kappa shape index (κ1) is 21.4. The fourth-order valence-corrected chi connectivity index (χ4v) is 4.18. The molecule has 0 spiro atoms. The maximum absolute atomic E-state index is 12.9. The highest BCUT2D eigenvalue weighted by Gasteiger charge is 2.31. The Labute approximate surface area is 184 Å². The van der Waals surface area contributed by atoms with Gasteiger partial charge >= 0.3 is 6.18 Å². The van der Waals surface area contributed by atoms with Gasteiger partial charge in [-0.25, -0.2) is 0 Å². The molecular formula is C25H22ClF3N2. The van der Waals surface area contributed by atoms with E-state index in [1.165, 1.54) is 11.6 Å². The Hall–Kier alpha value is -2.79. The highest BCUT2D eigenvalue weighted by atomic mass is 35.5. The zero-order chi connectivity index (χ0) is 22.2. The van der Waals surface area contributed by atoms with Gasteiger partial charge in [0.05, 0.1) is 23.3 Å². The number of hydrogen-bond donors (Lipinski definition) is 0. The summed E-state index contributed by atoms with van der Waals surface area (Å²) in [6.07, 6.45) is -1.68. The third-order valence-electron chi connectivity index (χ3n) is 5.38. The van der Waals surface area contributed by atoms with Crippen LogP contribution in [0.15, 0.2) is 72.9 Å². The second kappa shape index (κ2) is 8.39. The summed E-state index contributed by atoms with van der Waals surface area (Å²) in [5.74, 6) is 0.481. The van der Waals surface area contributed by atoms with Crippen LogP contribution < -0.4 is 0 Å². The predicted octanol–water partition coefficient (Wildman–Crippen LogP) is 8.01. The van der Waals surface area contributed by atoms with Crippen molar-refractivity contribution in [2.75, 3.05) is 0 Å². The van der Waals surface area contributed by atoms with E-state index >= 15 is 0 Å². The minimum absolute atomic E-state index is 0.0727. The number of benzene rings is 3. The molecule has 3 aromatic carbocycles. The van der Waals surface area contributed by atoms with Crippen molar-refractivity contribution in [3.8, 4) is 11.1 Å². The summed E-state index contributed by atoms with van der Waals surface area (Å²) >= 11 is 6.19. The van der Waals surface area contributed by atoms with Crippen molar-refractivity contribution in [2.24, 2.45) is 5.92 Å². The van der Waals surface area contributed by atoms with Gasteiger partial charge in [0.2, 0.25) is 0 Å². The van der Waals surface area contributed by atoms with Gasteiger partial charge in [0.25, 0.3) is 0 Å². The SMILES string of the molecule is CC(C)CC(c1ccccc1)n1ncc2cc(-c3ccc(C(F)(F)F)cc3Cl)ccc21. The molecule has 0 aliphatic heterocycles. The van der Waals surface area contributed by atoms with Crippen molar-refractivity contribution >= 4 is 22.5 Å². The van der Waals surface area contributed by atoms with Crippen LogP contribution in [0.5, 0.6) is 0 Å². The maximum Gasteiger partial charge on any atom is 0.416 e. The van der Waals surface area contributed by atoms with Gasteiger partial charge < -0.3 is 0 Å². The van der Waals surface area contributed by atoms with Crippen LogP contribution in [-0.2, 0) is 6.18 Å². The van der Waals surface area contributed by atoms with Crippen molar-refractivity contribution in [3.05, 3.63) is 89.1 Å². The highest BCUT2D eigenvalue weighted by Crippen LogP contribution is 2.37. The molecule has 0 saturated carbocycles. The Bertz CT molecular complexity index is 1200. The summed E-state index contributed by atoms with van der Waals surface area (Å²) in [7, 11) is 0. The van der Waals surface area contributed by atoms with E-state index in [-0.39, 0.29) is 11.1 Å². The second-order valence-electron chi connectivity index (χ2n) is 8.11. The minimum Gasteiger partial charge on any atom is -0.257 e. The Morgan fingerprint density at radius 3 is 2.35 bits per heavy atom. The lowest BCUT2D eigenvalue weighted by molar-refractivity contribution is -0.137. The lowest BCUT2D eigenvalue weighted by Gasteiger charge is -2.21. The average molecular weight is 443 g/mol. The molecule has 2 nitrogen and oxygen atoms in total. The molecule has 4 rings (SSSR count). The number of nitrogens with zero attached hydrogens (tertiary/aromatic N) is 2. The van der Waals surface area contributed by atoms with Crippen LogP contribution >= 0.6 is 11.6 Å². The highest BCUT2D eigenvalue weighted by molar-refractivity contribution is 6.33. The molecule has 0 aliphatic carbocycles. The molecule has 4 aromatic rings. The first-order chi connectivity index (χ1) is 14.7. The van der Waals surface area contributed by atoms with Gasteiger partial charge in [-0.15, -0.1) is 0 Å². The molecule has 0 fully saturated rings. The van der Waals surface area contributed by atoms with Gasteiger partial charge in [0.15, 0.2) is 0 Å². The first-order valence-electron chi connectivity index (χ1n) is 10.1. The third-order valence-corrected chi connectivity index (χ3v) is 5.69. The lowest BCUT2D eigenvalue weighted by Crippen LogP contribution is -2.14. The number of rotatable bonds is 5. The summed E-state index contributed by atoms with van der Waals surface area (Å²) in [5.41, 5.74) is 2.73. The van der Waals surface area contributed by atoms with E-state index in [4.69, 9.17) is 11.6 Å². The normalized spacial score (nSPS) is 13.1. The van der Waals surface area contributed by atoms with Crippen LogP contribution in [0.3, 0.4) is 0 Å². The van der Waals surface area contributed by atoms with Crippen LogP contribution in [0.2, 0.25) is 5.02 Å². The molecule has 1 unspecified atom stereocenters. The van der Waals surface area contributed by atoms with Gasteiger partial charge in [-0.2, -0.15) is 18.3 Å². The van der Waals surface area contributed by atoms with E-state index in [9.17, 15) is 13.2 Å². The maximum atomic E-state index is 12.9.